The fraction of sp³-hybridized carbons (Fsp3) is 0.500. The number of benzene rings is 1. The molecule has 0 spiro atoms. The summed E-state index contributed by atoms with van der Waals surface area (Å²) in [5.74, 6) is 0.325. The second-order valence-electron chi connectivity index (χ2n) is 7.33. The van der Waals surface area contributed by atoms with E-state index in [4.69, 9.17) is 5.73 Å². The highest BCUT2D eigenvalue weighted by Gasteiger charge is 2.24. The molecule has 2 aliphatic rings. The summed E-state index contributed by atoms with van der Waals surface area (Å²) in [5, 5.41) is 2.92. The summed E-state index contributed by atoms with van der Waals surface area (Å²) in [6, 6.07) is 7.92. The van der Waals surface area contributed by atoms with E-state index in [1.54, 1.807) is 6.08 Å². The molecule has 2 fully saturated rings. The Morgan fingerprint density at radius 1 is 1.20 bits per heavy atom. The third-order valence-electron chi connectivity index (χ3n) is 5.12. The number of hydrogen-bond donors (Lipinski definition) is 2. The first-order valence-electron chi connectivity index (χ1n) is 9.11. The maximum absolute atomic E-state index is 12.0. The van der Waals surface area contributed by atoms with Gasteiger partial charge in [-0.15, -0.1) is 0 Å². The molecule has 5 nitrogen and oxygen atoms in total. The molecule has 1 atom stereocenters. The summed E-state index contributed by atoms with van der Waals surface area (Å²) in [6.45, 7) is 4.56. The zero-order valence-corrected chi connectivity index (χ0v) is 14.8. The summed E-state index contributed by atoms with van der Waals surface area (Å²) >= 11 is 0. The van der Waals surface area contributed by atoms with E-state index in [1.807, 2.05) is 31.2 Å². The molecule has 2 amide bonds. The van der Waals surface area contributed by atoms with E-state index < -0.39 is 0 Å². The van der Waals surface area contributed by atoms with Crippen molar-refractivity contribution in [3.05, 3.63) is 41.5 Å². The lowest BCUT2D eigenvalue weighted by molar-refractivity contribution is -0.123. The van der Waals surface area contributed by atoms with Gasteiger partial charge in [-0.2, -0.15) is 0 Å². The number of carbonyl (C=O) groups excluding carboxylic acids is 2. The maximum atomic E-state index is 12.0. The first-order valence-corrected chi connectivity index (χ1v) is 9.11. The number of primary amides is 1. The van der Waals surface area contributed by atoms with Gasteiger partial charge in [0.25, 0.3) is 0 Å². The van der Waals surface area contributed by atoms with E-state index in [0.29, 0.717) is 5.92 Å². The van der Waals surface area contributed by atoms with Crippen molar-refractivity contribution < 1.29 is 9.59 Å². The zero-order chi connectivity index (χ0) is 17.8. The number of nitrogens with one attached hydrogen (secondary N) is 1. The normalized spacial score (nSPS) is 21.8. The van der Waals surface area contributed by atoms with Gasteiger partial charge in [0, 0.05) is 24.9 Å². The van der Waals surface area contributed by atoms with Gasteiger partial charge in [0.2, 0.25) is 11.8 Å². The molecule has 0 bridgehead atoms. The highest BCUT2D eigenvalue weighted by atomic mass is 16.1. The van der Waals surface area contributed by atoms with Crippen LogP contribution in [-0.4, -0.2) is 29.8 Å². The number of nitrogens with zero attached hydrogens (tertiary/aromatic N) is 1. The van der Waals surface area contributed by atoms with Gasteiger partial charge in [0.05, 0.1) is 5.92 Å². The Hall–Kier alpha value is -2.14. The van der Waals surface area contributed by atoms with Gasteiger partial charge in [-0.1, -0.05) is 17.7 Å². The van der Waals surface area contributed by atoms with Gasteiger partial charge in [0.15, 0.2) is 0 Å². The molecular formula is C20H27N3O2. The minimum absolute atomic E-state index is 0.0335. The summed E-state index contributed by atoms with van der Waals surface area (Å²) in [6.07, 6.45) is 6.02. The highest BCUT2D eigenvalue weighted by Crippen LogP contribution is 2.35. The van der Waals surface area contributed by atoms with Gasteiger partial charge in [-0.25, -0.2) is 0 Å². The van der Waals surface area contributed by atoms with Crippen LogP contribution in [0.5, 0.6) is 0 Å². The summed E-state index contributed by atoms with van der Waals surface area (Å²) < 4.78 is 0. The molecular weight excluding hydrogens is 314 g/mol. The van der Waals surface area contributed by atoms with Gasteiger partial charge in [0.1, 0.15) is 0 Å². The van der Waals surface area contributed by atoms with E-state index in [1.165, 1.54) is 24.0 Å². The van der Waals surface area contributed by atoms with Crippen LogP contribution in [-0.2, 0) is 16.1 Å². The Morgan fingerprint density at radius 3 is 2.56 bits per heavy atom. The fourth-order valence-corrected chi connectivity index (χ4v) is 3.42. The Bertz CT molecular complexity index is 662. The van der Waals surface area contributed by atoms with Crippen LogP contribution in [0.3, 0.4) is 0 Å². The number of carbonyl (C=O) groups is 2. The van der Waals surface area contributed by atoms with Gasteiger partial charge in [-0.05, 0) is 62.8 Å². The van der Waals surface area contributed by atoms with Gasteiger partial charge >= 0.3 is 0 Å². The lowest BCUT2D eigenvalue weighted by atomic mass is 9.97. The predicted molar refractivity (Wildman–Crippen MR) is 98.7 cm³/mol. The van der Waals surface area contributed by atoms with E-state index in [-0.39, 0.29) is 17.7 Å². The quantitative estimate of drug-likeness (QED) is 0.781. The van der Waals surface area contributed by atoms with Crippen LogP contribution in [0, 0.1) is 11.8 Å². The third kappa shape index (κ3) is 5.16. The molecule has 1 aliphatic heterocycles. The van der Waals surface area contributed by atoms with Crippen LogP contribution in [0.2, 0.25) is 0 Å². The van der Waals surface area contributed by atoms with Crippen molar-refractivity contribution in [2.75, 3.05) is 18.4 Å². The number of anilines is 1. The number of rotatable bonds is 6. The van der Waals surface area contributed by atoms with Crippen LogP contribution in [0.1, 0.15) is 38.2 Å². The third-order valence-corrected chi connectivity index (χ3v) is 5.12. The number of likely N-dealkylation sites (tertiary alicyclic amines) is 1. The SMILES string of the molecule is C/C(=C\C(=O)Nc1ccc(CN2CCC[C@H](C(N)=O)C2)cc1)C1CC1. The Morgan fingerprint density at radius 2 is 1.92 bits per heavy atom. The lowest BCUT2D eigenvalue weighted by Crippen LogP contribution is -2.40. The number of amides is 2. The molecule has 3 rings (SSSR count). The van der Waals surface area contributed by atoms with Crippen molar-refractivity contribution in [2.45, 2.75) is 39.2 Å². The molecule has 25 heavy (non-hydrogen) atoms. The predicted octanol–water partition coefficient (Wildman–Crippen LogP) is 2.68. The lowest BCUT2D eigenvalue weighted by Gasteiger charge is -2.31. The van der Waals surface area contributed by atoms with E-state index >= 15 is 0 Å². The molecule has 1 aromatic carbocycles. The van der Waals surface area contributed by atoms with E-state index in [2.05, 4.69) is 10.2 Å². The zero-order valence-electron chi connectivity index (χ0n) is 14.8. The topological polar surface area (TPSA) is 75.4 Å². The first kappa shape index (κ1) is 17.7. The van der Waals surface area contributed by atoms with Gasteiger partial charge < -0.3 is 11.1 Å². The van der Waals surface area contributed by atoms with Crippen molar-refractivity contribution >= 4 is 17.5 Å². The second kappa shape index (κ2) is 7.83. The van der Waals surface area contributed by atoms with Gasteiger partial charge in [-0.3, -0.25) is 14.5 Å². The summed E-state index contributed by atoms with van der Waals surface area (Å²) in [4.78, 5) is 25.7. The van der Waals surface area contributed by atoms with Crippen molar-refractivity contribution in [3.8, 4) is 0 Å². The van der Waals surface area contributed by atoms with Crippen molar-refractivity contribution in [3.63, 3.8) is 0 Å². The maximum Gasteiger partial charge on any atom is 0.248 e. The Kier molecular flexibility index (Phi) is 5.53. The van der Waals surface area contributed by atoms with E-state index in [9.17, 15) is 9.59 Å². The average Bonchev–Trinajstić information content (AvgIpc) is 3.42. The molecule has 1 saturated heterocycles. The Balaban J connectivity index is 1.52. The number of allylic oxidation sites excluding steroid dienone is 1. The average molecular weight is 341 g/mol. The van der Waals surface area contributed by atoms with Crippen molar-refractivity contribution in [2.24, 2.45) is 17.6 Å². The summed E-state index contributed by atoms with van der Waals surface area (Å²) in [5.41, 5.74) is 8.59. The molecule has 1 aromatic rings. The number of hydrogen-bond acceptors (Lipinski definition) is 3. The molecule has 1 aliphatic carbocycles. The molecule has 1 heterocycles. The monoisotopic (exact) mass is 341 g/mol. The largest absolute Gasteiger partial charge is 0.369 e. The van der Waals surface area contributed by atoms with Crippen molar-refractivity contribution in [1.82, 2.24) is 4.90 Å². The standard InChI is InChI=1S/C20H27N3O2/c1-14(16-6-7-16)11-19(24)22-18-8-4-15(5-9-18)12-23-10-2-3-17(13-23)20(21)25/h4-5,8-9,11,16-17H,2-3,6-7,10,12-13H2,1H3,(H2,21,25)(H,22,24)/b14-11+/t17-/m0/s1. The number of nitrogens with two attached hydrogens (primary N) is 1. The molecule has 5 heteroatoms. The minimum Gasteiger partial charge on any atom is -0.369 e. The second-order valence-corrected chi connectivity index (χ2v) is 7.33. The van der Waals surface area contributed by atoms with E-state index in [0.717, 1.165) is 38.2 Å². The minimum atomic E-state index is -0.197. The summed E-state index contributed by atoms with van der Waals surface area (Å²) in [7, 11) is 0. The molecule has 0 radical (unpaired) electrons. The first-order chi connectivity index (χ1) is 12.0. The molecule has 1 saturated carbocycles. The fourth-order valence-electron chi connectivity index (χ4n) is 3.42. The Labute approximate surface area is 149 Å². The highest BCUT2D eigenvalue weighted by molar-refractivity contribution is 5.99. The smallest absolute Gasteiger partial charge is 0.248 e. The van der Waals surface area contributed by atoms with Crippen molar-refractivity contribution in [1.29, 1.82) is 0 Å². The molecule has 134 valence electrons. The van der Waals surface area contributed by atoms with Crippen LogP contribution in [0.4, 0.5) is 5.69 Å². The van der Waals surface area contributed by atoms with Crippen LogP contribution in [0.25, 0.3) is 0 Å². The van der Waals surface area contributed by atoms with Crippen LogP contribution >= 0.6 is 0 Å². The molecule has 0 aromatic heterocycles. The van der Waals surface area contributed by atoms with Crippen LogP contribution in [0.15, 0.2) is 35.9 Å². The molecule has 3 N–H and O–H groups in total. The molecule has 0 unspecified atom stereocenters. The van der Waals surface area contributed by atoms with Crippen LogP contribution < -0.4 is 11.1 Å². The number of piperidine rings is 1.